The van der Waals surface area contributed by atoms with Crippen molar-refractivity contribution >= 4 is 27.5 Å². The summed E-state index contributed by atoms with van der Waals surface area (Å²) < 4.78 is 31.9. The molecule has 39 heavy (non-hydrogen) atoms. The zero-order valence-corrected chi connectivity index (χ0v) is 23.8. The van der Waals surface area contributed by atoms with Crippen molar-refractivity contribution in [1.29, 1.82) is 0 Å². The molecular weight excluding hydrogens is 514 g/mol. The van der Waals surface area contributed by atoms with Crippen LogP contribution >= 0.6 is 0 Å². The molecule has 0 unspecified atom stereocenters. The molecule has 0 aromatic heterocycles. The second kappa shape index (κ2) is 13.8. The van der Waals surface area contributed by atoms with E-state index in [1.807, 2.05) is 61.5 Å². The van der Waals surface area contributed by atoms with Crippen LogP contribution in [0.4, 0.5) is 5.69 Å². The van der Waals surface area contributed by atoms with Crippen LogP contribution in [0.1, 0.15) is 29.5 Å². The van der Waals surface area contributed by atoms with Crippen LogP contribution in [0, 0.1) is 6.92 Å². The van der Waals surface area contributed by atoms with Crippen molar-refractivity contribution in [2.24, 2.45) is 0 Å². The summed E-state index contributed by atoms with van der Waals surface area (Å²) in [5.41, 5.74) is 3.32. The lowest BCUT2D eigenvalue weighted by Gasteiger charge is -2.32. The van der Waals surface area contributed by atoms with E-state index in [0.29, 0.717) is 17.9 Å². The largest absolute Gasteiger partial charge is 0.495 e. The van der Waals surface area contributed by atoms with E-state index in [0.717, 1.165) is 22.9 Å². The minimum absolute atomic E-state index is 0.0648. The van der Waals surface area contributed by atoms with Crippen LogP contribution in [0.15, 0.2) is 78.9 Å². The number of hydrogen-bond donors (Lipinski definition) is 1. The number of amides is 2. The summed E-state index contributed by atoms with van der Waals surface area (Å²) in [7, 11) is -0.585. The minimum atomic E-state index is -3.63. The Kier molecular flexibility index (Phi) is 10.5. The van der Waals surface area contributed by atoms with Crippen LogP contribution in [-0.4, -0.2) is 58.1 Å². The smallest absolute Gasteiger partial charge is 0.242 e. The molecule has 3 aromatic rings. The molecule has 2 amide bonds. The molecule has 0 saturated carbocycles. The topological polar surface area (TPSA) is 96.0 Å². The van der Waals surface area contributed by atoms with Crippen LogP contribution in [0.2, 0.25) is 0 Å². The molecule has 0 heterocycles. The highest BCUT2D eigenvalue weighted by Crippen LogP contribution is 2.30. The summed E-state index contributed by atoms with van der Waals surface area (Å²) in [6, 6.07) is 23.5. The van der Waals surface area contributed by atoms with E-state index >= 15 is 0 Å². The fraction of sp³-hybridized carbons (Fsp3) is 0.333. The Balaban J connectivity index is 1.87. The van der Waals surface area contributed by atoms with E-state index in [4.69, 9.17) is 4.74 Å². The molecule has 9 heteroatoms. The third kappa shape index (κ3) is 8.07. The summed E-state index contributed by atoms with van der Waals surface area (Å²) in [5, 5.41) is 2.72. The van der Waals surface area contributed by atoms with Crippen molar-refractivity contribution in [2.75, 3.05) is 31.3 Å². The number of para-hydroxylation sites is 2. The van der Waals surface area contributed by atoms with Crippen LogP contribution in [-0.2, 0) is 32.6 Å². The van der Waals surface area contributed by atoms with Gasteiger partial charge in [0.05, 0.1) is 19.1 Å². The van der Waals surface area contributed by atoms with Gasteiger partial charge in [0.25, 0.3) is 0 Å². The molecule has 3 rings (SSSR count). The molecule has 0 aliphatic rings. The van der Waals surface area contributed by atoms with E-state index in [2.05, 4.69) is 5.32 Å². The average molecular weight is 552 g/mol. The van der Waals surface area contributed by atoms with Gasteiger partial charge in [-0.2, -0.15) is 0 Å². The van der Waals surface area contributed by atoms with Crippen molar-refractivity contribution in [3.63, 3.8) is 0 Å². The highest BCUT2D eigenvalue weighted by molar-refractivity contribution is 7.92. The van der Waals surface area contributed by atoms with Crippen molar-refractivity contribution in [3.05, 3.63) is 95.6 Å². The first-order valence-corrected chi connectivity index (χ1v) is 14.7. The summed E-state index contributed by atoms with van der Waals surface area (Å²) in [6.45, 7) is 2.33. The molecule has 208 valence electrons. The first-order valence-electron chi connectivity index (χ1n) is 12.9. The molecule has 0 fully saturated rings. The average Bonchev–Trinajstić information content (AvgIpc) is 2.93. The standard InChI is InChI=1S/C30H37N3O5S/c1-23-13-8-9-16-25(23)22-32(27(30(35)31-2)21-24-14-6-5-7-15-24)29(34)19-12-20-33(39(4,36)37)26-17-10-11-18-28(26)38-3/h5-11,13-18,27H,12,19-22H2,1-4H3,(H,31,35)/t27-/m1/s1. The van der Waals surface area contributed by atoms with Crippen molar-refractivity contribution < 1.29 is 22.7 Å². The number of carbonyl (C=O) groups excluding carboxylic acids is 2. The molecule has 1 N–H and O–H groups in total. The van der Waals surface area contributed by atoms with Crippen LogP contribution in [0.5, 0.6) is 5.75 Å². The minimum Gasteiger partial charge on any atom is -0.495 e. The number of rotatable bonds is 13. The second-order valence-corrected chi connectivity index (χ2v) is 11.3. The first-order chi connectivity index (χ1) is 18.7. The van der Waals surface area contributed by atoms with E-state index in [1.54, 1.807) is 36.2 Å². The number of anilines is 1. The fourth-order valence-corrected chi connectivity index (χ4v) is 5.48. The lowest BCUT2D eigenvalue weighted by molar-refractivity contribution is -0.141. The SMILES string of the molecule is CNC(=O)[C@@H](Cc1ccccc1)N(Cc1ccccc1C)C(=O)CCCN(c1ccccc1OC)S(C)(=O)=O. The van der Waals surface area contributed by atoms with Crippen LogP contribution in [0.3, 0.4) is 0 Å². The molecule has 0 aliphatic heterocycles. The van der Waals surface area contributed by atoms with Gasteiger partial charge in [0, 0.05) is 33.0 Å². The van der Waals surface area contributed by atoms with Crippen molar-refractivity contribution in [1.82, 2.24) is 10.2 Å². The Bertz CT molecular complexity index is 1360. The highest BCUT2D eigenvalue weighted by Gasteiger charge is 2.30. The van der Waals surface area contributed by atoms with Gasteiger partial charge in [-0.15, -0.1) is 0 Å². The molecule has 0 bridgehead atoms. The maximum atomic E-state index is 13.8. The Morgan fingerprint density at radius 1 is 0.949 bits per heavy atom. The van der Waals surface area contributed by atoms with Gasteiger partial charge in [-0.1, -0.05) is 66.7 Å². The van der Waals surface area contributed by atoms with Crippen molar-refractivity contribution in [2.45, 2.75) is 38.8 Å². The predicted octanol–water partition coefficient (Wildman–Crippen LogP) is 3.94. The monoisotopic (exact) mass is 551 g/mol. The molecule has 8 nitrogen and oxygen atoms in total. The maximum absolute atomic E-state index is 13.8. The van der Waals surface area contributed by atoms with Gasteiger partial charge in [0.15, 0.2) is 0 Å². The quantitative estimate of drug-likeness (QED) is 0.347. The Morgan fingerprint density at radius 2 is 1.59 bits per heavy atom. The normalized spacial score (nSPS) is 11.9. The third-order valence-corrected chi connectivity index (χ3v) is 7.81. The van der Waals surface area contributed by atoms with E-state index in [9.17, 15) is 18.0 Å². The number of aryl methyl sites for hydroxylation is 1. The number of nitrogens with one attached hydrogen (secondary N) is 1. The number of likely N-dealkylation sites (N-methyl/N-ethyl adjacent to an activating group) is 1. The number of nitrogens with zero attached hydrogens (tertiary/aromatic N) is 2. The van der Waals surface area contributed by atoms with E-state index in [1.165, 1.54) is 11.4 Å². The van der Waals surface area contributed by atoms with Gasteiger partial charge in [-0.25, -0.2) is 8.42 Å². The molecule has 0 aliphatic carbocycles. The lowest BCUT2D eigenvalue weighted by atomic mass is 10.0. The first kappa shape index (κ1) is 29.7. The van der Waals surface area contributed by atoms with Gasteiger partial charge in [-0.05, 0) is 42.2 Å². The van der Waals surface area contributed by atoms with Gasteiger partial charge < -0.3 is 15.0 Å². The molecule has 0 spiro atoms. The second-order valence-electron chi connectivity index (χ2n) is 9.38. The Hall–Kier alpha value is -3.85. The predicted molar refractivity (Wildman–Crippen MR) is 154 cm³/mol. The van der Waals surface area contributed by atoms with Gasteiger partial charge in [-0.3, -0.25) is 13.9 Å². The van der Waals surface area contributed by atoms with Gasteiger partial charge >= 0.3 is 0 Å². The fourth-order valence-electron chi connectivity index (χ4n) is 4.51. The number of hydrogen-bond acceptors (Lipinski definition) is 5. The van der Waals surface area contributed by atoms with Gasteiger partial charge in [0.2, 0.25) is 21.8 Å². The van der Waals surface area contributed by atoms with E-state index in [-0.39, 0.29) is 37.7 Å². The van der Waals surface area contributed by atoms with Crippen LogP contribution in [0.25, 0.3) is 0 Å². The zero-order valence-electron chi connectivity index (χ0n) is 23.0. The molecule has 1 atom stereocenters. The third-order valence-electron chi connectivity index (χ3n) is 6.63. The molecule has 0 saturated heterocycles. The number of sulfonamides is 1. The summed E-state index contributed by atoms with van der Waals surface area (Å²) in [5.74, 6) is -0.0539. The molecule has 0 radical (unpaired) electrons. The zero-order chi connectivity index (χ0) is 28.4. The van der Waals surface area contributed by atoms with E-state index < -0.39 is 16.1 Å². The lowest BCUT2D eigenvalue weighted by Crippen LogP contribution is -2.50. The number of methoxy groups -OCH3 is 1. The summed E-state index contributed by atoms with van der Waals surface area (Å²) in [6.07, 6.45) is 1.82. The molecular formula is C30H37N3O5S. The van der Waals surface area contributed by atoms with Crippen molar-refractivity contribution in [3.8, 4) is 5.75 Å². The maximum Gasteiger partial charge on any atom is 0.242 e. The van der Waals surface area contributed by atoms with Gasteiger partial charge in [0.1, 0.15) is 11.8 Å². The Labute approximate surface area is 231 Å². The highest BCUT2D eigenvalue weighted by atomic mass is 32.2. The Morgan fingerprint density at radius 3 is 2.23 bits per heavy atom. The summed E-state index contributed by atoms with van der Waals surface area (Å²) >= 11 is 0. The number of carbonyl (C=O) groups is 2. The molecule has 3 aromatic carbocycles. The number of benzene rings is 3. The number of ether oxygens (including phenoxy) is 1. The summed E-state index contributed by atoms with van der Waals surface area (Å²) in [4.78, 5) is 28.5. The van der Waals surface area contributed by atoms with Crippen LogP contribution < -0.4 is 14.4 Å².